The third-order valence-corrected chi connectivity index (χ3v) is 5.49. The van der Waals surface area contributed by atoms with Crippen molar-refractivity contribution in [2.45, 2.75) is 11.8 Å². The van der Waals surface area contributed by atoms with Crippen LogP contribution >= 0.6 is 0 Å². The number of sulfone groups is 1. The normalized spacial score (nSPS) is 12.4. The van der Waals surface area contributed by atoms with Gasteiger partial charge >= 0.3 is 0 Å². The molecular weight excluding hydrogens is 340 g/mol. The Morgan fingerprint density at radius 2 is 1.35 bits per heavy atom. The van der Waals surface area contributed by atoms with Gasteiger partial charge in [0, 0.05) is 5.41 Å². The van der Waals surface area contributed by atoms with E-state index < -0.39 is 9.84 Å². The average molecular weight is 360 g/mol. The molecule has 0 aliphatic rings. The smallest absolute Gasteiger partial charge is 0.200 e. The number of allylic oxidation sites excluding steroid dienone is 2. The predicted octanol–water partition coefficient (Wildman–Crippen LogP) is 5.52. The van der Waals surface area contributed by atoms with Crippen LogP contribution in [-0.2, 0) is 9.84 Å². The summed E-state index contributed by atoms with van der Waals surface area (Å²) in [6, 6.07) is 26.3. The molecule has 0 aromatic heterocycles. The fraction of sp³-hybridized carbons (Fsp3) is 0.0435. The maximum atomic E-state index is 12.8. The first-order valence-electron chi connectivity index (χ1n) is 8.37. The highest BCUT2D eigenvalue weighted by Gasteiger charge is 2.12. The molecule has 0 saturated heterocycles. The van der Waals surface area contributed by atoms with Crippen LogP contribution in [-0.4, -0.2) is 8.42 Å². The molecule has 3 aromatic carbocycles. The fourth-order valence-corrected chi connectivity index (χ4v) is 3.75. The van der Waals surface area contributed by atoms with Gasteiger partial charge in [-0.2, -0.15) is 0 Å². The fourth-order valence-electron chi connectivity index (χ4n) is 2.55. The van der Waals surface area contributed by atoms with Gasteiger partial charge < -0.3 is 0 Å². The molecule has 0 fully saturated rings. The van der Waals surface area contributed by atoms with Gasteiger partial charge in [0.15, 0.2) is 9.84 Å². The quantitative estimate of drug-likeness (QED) is 0.561. The Hall–Kier alpha value is -2.91. The van der Waals surface area contributed by atoms with Crippen molar-refractivity contribution in [3.8, 4) is 0 Å². The minimum atomic E-state index is -3.54. The molecule has 0 atom stereocenters. The van der Waals surface area contributed by atoms with Gasteiger partial charge in [0.2, 0.25) is 0 Å². The average Bonchev–Trinajstić information content (AvgIpc) is 2.67. The minimum Gasteiger partial charge on any atom is -0.219 e. The molecular formula is C23H20O2S. The van der Waals surface area contributed by atoms with E-state index >= 15 is 0 Å². The lowest BCUT2D eigenvalue weighted by atomic mass is 10.1. The standard InChI is InChI=1S/C23H20O2S/c1-19-12-16-23(17-13-19)26(24,25)18-22(21-10-6-3-7-11-21)15-14-20-8-4-2-5-9-20/h2-18H,1H3/b15-14+,22-18-. The summed E-state index contributed by atoms with van der Waals surface area (Å²) >= 11 is 0. The SMILES string of the molecule is Cc1ccc(S(=O)(=O)/C=C(/C=C/c2ccccc2)c2ccccc2)cc1. The van der Waals surface area contributed by atoms with Crippen molar-refractivity contribution in [1.29, 1.82) is 0 Å². The number of rotatable bonds is 5. The summed E-state index contributed by atoms with van der Waals surface area (Å²) in [6.07, 6.45) is 3.76. The molecule has 0 amide bonds. The van der Waals surface area contributed by atoms with E-state index in [1.165, 1.54) is 5.41 Å². The van der Waals surface area contributed by atoms with E-state index in [4.69, 9.17) is 0 Å². The van der Waals surface area contributed by atoms with Crippen molar-refractivity contribution in [2.24, 2.45) is 0 Å². The van der Waals surface area contributed by atoms with Gasteiger partial charge in [-0.3, -0.25) is 0 Å². The maximum Gasteiger partial charge on any atom is 0.200 e. The van der Waals surface area contributed by atoms with E-state index in [0.717, 1.165) is 16.7 Å². The zero-order valence-electron chi connectivity index (χ0n) is 14.5. The summed E-state index contributed by atoms with van der Waals surface area (Å²) < 4.78 is 25.7. The highest BCUT2D eigenvalue weighted by Crippen LogP contribution is 2.22. The lowest BCUT2D eigenvalue weighted by Gasteiger charge is -2.05. The highest BCUT2D eigenvalue weighted by molar-refractivity contribution is 7.94. The first kappa shape index (κ1) is 17.9. The summed E-state index contributed by atoms with van der Waals surface area (Å²) in [7, 11) is -3.54. The van der Waals surface area contributed by atoms with Crippen LogP contribution in [0.1, 0.15) is 16.7 Å². The molecule has 0 unspecified atom stereocenters. The highest BCUT2D eigenvalue weighted by atomic mass is 32.2. The summed E-state index contributed by atoms with van der Waals surface area (Å²) in [5.41, 5.74) is 3.55. The van der Waals surface area contributed by atoms with E-state index in [0.29, 0.717) is 10.5 Å². The van der Waals surface area contributed by atoms with Crippen LogP contribution in [0.15, 0.2) is 101 Å². The van der Waals surface area contributed by atoms with E-state index in [9.17, 15) is 8.42 Å². The molecule has 3 heteroatoms. The number of benzene rings is 3. The third kappa shape index (κ3) is 4.58. The van der Waals surface area contributed by atoms with Gasteiger partial charge in [0.25, 0.3) is 0 Å². The number of hydrogen-bond acceptors (Lipinski definition) is 2. The molecule has 0 spiro atoms. The lowest BCUT2D eigenvalue weighted by molar-refractivity contribution is 0.604. The van der Waals surface area contributed by atoms with Crippen LogP contribution in [0.3, 0.4) is 0 Å². The van der Waals surface area contributed by atoms with E-state index in [1.54, 1.807) is 12.1 Å². The summed E-state index contributed by atoms with van der Waals surface area (Å²) in [5, 5.41) is 1.34. The van der Waals surface area contributed by atoms with Crippen LogP contribution in [0.2, 0.25) is 0 Å². The molecule has 3 rings (SSSR count). The van der Waals surface area contributed by atoms with Gasteiger partial charge in [-0.05, 0) is 35.8 Å². The van der Waals surface area contributed by atoms with E-state index in [2.05, 4.69) is 0 Å². The van der Waals surface area contributed by atoms with Crippen LogP contribution in [0.5, 0.6) is 0 Å². The third-order valence-electron chi connectivity index (χ3n) is 3.99. The number of hydrogen-bond donors (Lipinski definition) is 0. The van der Waals surface area contributed by atoms with Crippen LogP contribution in [0.25, 0.3) is 11.6 Å². The van der Waals surface area contributed by atoms with Gasteiger partial charge in [-0.1, -0.05) is 90.5 Å². The first-order chi connectivity index (χ1) is 12.5. The molecule has 0 radical (unpaired) electrons. The largest absolute Gasteiger partial charge is 0.219 e. The Bertz CT molecular complexity index is 1010. The molecule has 2 nitrogen and oxygen atoms in total. The molecule has 0 saturated carbocycles. The summed E-state index contributed by atoms with van der Waals surface area (Å²) in [5.74, 6) is 0. The monoisotopic (exact) mass is 360 g/mol. The van der Waals surface area contributed by atoms with Crippen molar-refractivity contribution in [1.82, 2.24) is 0 Å². The second-order valence-corrected chi connectivity index (χ2v) is 7.84. The maximum absolute atomic E-state index is 12.8. The minimum absolute atomic E-state index is 0.296. The van der Waals surface area contributed by atoms with Crippen molar-refractivity contribution in [2.75, 3.05) is 0 Å². The molecule has 0 aliphatic heterocycles. The Morgan fingerprint density at radius 3 is 1.96 bits per heavy atom. The van der Waals surface area contributed by atoms with Crippen molar-refractivity contribution >= 4 is 21.5 Å². The molecule has 0 aliphatic carbocycles. The Kier molecular flexibility index (Phi) is 5.49. The Morgan fingerprint density at radius 1 is 0.769 bits per heavy atom. The number of aryl methyl sites for hydroxylation is 1. The van der Waals surface area contributed by atoms with E-state index in [-0.39, 0.29) is 0 Å². The predicted molar refractivity (Wildman–Crippen MR) is 108 cm³/mol. The van der Waals surface area contributed by atoms with Gasteiger partial charge in [0.1, 0.15) is 0 Å². The Balaban J connectivity index is 2.04. The zero-order valence-corrected chi connectivity index (χ0v) is 15.4. The summed E-state index contributed by atoms with van der Waals surface area (Å²) in [6.45, 7) is 1.93. The van der Waals surface area contributed by atoms with Crippen LogP contribution in [0, 0.1) is 6.92 Å². The van der Waals surface area contributed by atoms with E-state index in [1.807, 2.05) is 91.9 Å². The molecule has 0 heterocycles. The van der Waals surface area contributed by atoms with Gasteiger partial charge in [-0.25, -0.2) is 8.42 Å². The Labute approximate surface area is 155 Å². The van der Waals surface area contributed by atoms with Crippen molar-refractivity contribution in [3.05, 3.63) is 113 Å². The molecule has 26 heavy (non-hydrogen) atoms. The van der Waals surface area contributed by atoms with Crippen molar-refractivity contribution in [3.63, 3.8) is 0 Å². The second kappa shape index (κ2) is 7.98. The topological polar surface area (TPSA) is 34.1 Å². The molecule has 0 N–H and O–H groups in total. The first-order valence-corrected chi connectivity index (χ1v) is 9.91. The molecule has 0 bridgehead atoms. The summed E-state index contributed by atoms with van der Waals surface area (Å²) in [4.78, 5) is 0.296. The van der Waals surface area contributed by atoms with Gasteiger partial charge in [-0.15, -0.1) is 0 Å². The van der Waals surface area contributed by atoms with Crippen LogP contribution in [0.4, 0.5) is 0 Å². The van der Waals surface area contributed by atoms with Crippen LogP contribution < -0.4 is 0 Å². The lowest BCUT2D eigenvalue weighted by Crippen LogP contribution is -1.98. The molecule has 3 aromatic rings. The second-order valence-electron chi connectivity index (χ2n) is 6.04. The van der Waals surface area contributed by atoms with Gasteiger partial charge in [0.05, 0.1) is 4.90 Å². The van der Waals surface area contributed by atoms with Crippen molar-refractivity contribution < 1.29 is 8.42 Å². The zero-order chi connectivity index (χ0) is 18.4. The molecule has 130 valence electrons.